The first kappa shape index (κ1) is 18.6. The molecule has 16 heavy (non-hydrogen) atoms. The molecule has 0 aliphatic carbocycles. The third-order valence-electron chi connectivity index (χ3n) is 3.24. The van der Waals surface area contributed by atoms with E-state index in [0.717, 1.165) is 0 Å². The zero-order valence-electron chi connectivity index (χ0n) is 11.2. The van der Waals surface area contributed by atoms with Gasteiger partial charge in [0.15, 0.2) is 0 Å². The highest BCUT2D eigenvalue weighted by Crippen LogP contribution is 2.67. The summed E-state index contributed by atoms with van der Waals surface area (Å²) in [6, 6.07) is 0. The minimum atomic E-state index is -6.00. The van der Waals surface area contributed by atoms with E-state index in [1.807, 2.05) is 0 Å². The fourth-order valence-corrected chi connectivity index (χ4v) is 6.28. The SMILES string of the molecule is CC[P+](CC)(CC)C(C)(C)C.F[B-](F)(F)F. The van der Waals surface area contributed by atoms with Crippen LogP contribution in [0.2, 0.25) is 0 Å². The van der Waals surface area contributed by atoms with Crippen LogP contribution in [0.3, 0.4) is 0 Å². The van der Waals surface area contributed by atoms with Gasteiger partial charge in [-0.15, -0.1) is 0 Å². The van der Waals surface area contributed by atoms with E-state index < -0.39 is 14.5 Å². The van der Waals surface area contributed by atoms with Crippen molar-refractivity contribution < 1.29 is 17.3 Å². The quantitative estimate of drug-likeness (QED) is 0.374. The van der Waals surface area contributed by atoms with Gasteiger partial charge in [-0.2, -0.15) is 0 Å². The molecular weight excluding hydrogens is 238 g/mol. The molecule has 0 atom stereocenters. The molecule has 0 bridgehead atoms. The summed E-state index contributed by atoms with van der Waals surface area (Å²) in [5.74, 6) is 0. The van der Waals surface area contributed by atoms with Crippen LogP contribution in [0.25, 0.3) is 0 Å². The van der Waals surface area contributed by atoms with Crippen molar-refractivity contribution in [2.24, 2.45) is 0 Å². The van der Waals surface area contributed by atoms with E-state index in [0.29, 0.717) is 5.16 Å². The maximum Gasteiger partial charge on any atom is 0.673 e. The molecule has 0 heterocycles. The second-order valence-corrected chi connectivity index (χ2v) is 10.3. The number of hydrogen-bond acceptors (Lipinski definition) is 0. The highest BCUT2D eigenvalue weighted by molar-refractivity contribution is 7.77. The lowest BCUT2D eigenvalue weighted by Gasteiger charge is -2.36. The molecule has 0 aliphatic rings. The van der Waals surface area contributed by atoms with Gasteiger partial charge in [0, 0.05) is 7.26 Å². The average molecular weight is 262 g/mol. The van der Waals surface area contributed by atoms with E-state index in [1.54, 1.807) is 0 Å². The number of halogens is 4. The van der Waals surface area contributed by atoms with Crippen LogP contribution in [0.1, 0.15) is 41.5 Å². The summed E-state index contributed by atoms with van der Waals surface area (Å²) in [6.07, 6.45) is 4.26. The molecule has 0 aliphatic heterocycles. The Morgan fingerprint density at radius 3 is 1.00 bits per heavy atom. The Bertz CT molecular complexity index is 168. The van der Waals surface area contributed by atoms with Crippen LogP contribution >= 0.6 is 7.26 Å². The van der Waals surface area contributed by atoms with Crippen LogP contribution < -0.4 is 0 Å². The van der Waals surface area contributed by atoms with Crippen LogP contribution in [0.15, 0.2) is 0 Å². The van der Waals surface area contributed by atoms with Crippen LogP contribution in [-0.2, 0) is 0 Å². The minimum absolute atomic E-state index is 0.575. The molecular formula is C10H24BF4P. The molecule has 0 unspecified atom stereocenters. The summed E-state index contributed by atoms with van der Waals surface area (Å²) in [5.41, 5.74) is 0. The van der Waals surface area contributed by atoms with E-state index in [4.69, 9.17) is 0 Å². The Morgan fingerprint density at radius 1 is 0.812 bits per heavy atom. The van der Waals surface area contributed by atoms with Crippen molar-refractivity contribution in [1.82, 2.24) is 0 Å². The van der Waals surface area contributed by atoms with E-state index >= 15 is 0 Å². The molecule has 0 aromatic carbocycles. The van der Waals surface area contributed by atoms with Crippen molar-refractivity contribution in [3.63, 3.8) is 0 Å². The van der Waals surface area contributed by atoms with Gasteiger partial charge in [0.25, 0.3) is 0 Å². The smallest absolute Gasteiger partial charge is 0.418 e. The van der Waals surface area contributed by atoms with E-state index in [9.17, 15) is 17.3 Å². The highest BCUT2D eigenvalue weighted by Gasteiger charge is 2.43. The van der Waals surface area contributed by atoms with Gasteiger partial charge in [-0.25, -0.2) is 0 Å². The first-order valence-electron chi connectivity index (χ1n) is 5.67. The molecule has 0 aromatic heterocycles. The van der Waals surface area contributed by atoms with Crippen LogP contribution in [-0.4, -0.2) is 30.9 Å². The van der Waals surface area contributed by atoms with Crippen molar-refractivity contribution in [3.8, 4) is 0 Å². The Labute approximate surface area is 97.6 Å². The van der Waals surface area contributed by atoms with Gasteiger partial charge >= 0.3 is 7.25 Å². The lowest BCUT2D eigenvalue weighted by atomic mass is 10.3. The molecule has 0 fully saturated rings. The number of hydrogen-bond donors (Lipinski definition) is 0. The van der Waals surface area contributed by atoms with Gasteiger partial charge in [0.2, 0.25) is 0 Å². The summed E-state index contributed by atoms with van der Waals surface area (Å²) in [4.78, 5) is 0. The van der Waals surface area contributed by atoms with Crippen molar-refractivity contribution in [2.75, 3.05) is 18.5 Å². The van der Waals surface area contributed by atoms with Gasteiger partial charge < -0.3 is 17.3 Å². The van der Waals surface area contributed by atoms with Crippen molar-refractivity contribution in [3.05, 3.63) is 0 Å². The summed E-state index contributed by atoms with van der Waals surface area (Å²) in [6.45, 7) is 14.3. The van der Waals surface area contributed by atoms with Gasteiger partial charge in [0.1, 0.15) is 0 Å². The first-order chi connectivity index (χ1) is 6.93. The minimum Gasteiger partial charge on any atom is -0.418 e. The second-order valence-electron chi connectivity index (χ2n) is 4.76. The summed E-state index contributed by atoms with van der Waals surface area (Å²) in [7, 11) is -6.62. The largest absolute Gasteiger partial charge is 0.673 e. The molecule has 6 heteroatoms. The van der Waals surface area contributed by atoms with Crippen LogP contribution in [0.4, 0.5) is 17.3 Å². The Morgan fingerprint density at radius 2 is 1.00 bits per heavy atom. The predicted octanol–water partition coefficient (Wildman–Crippen LogP) is 5.16. The van der Waals surface area contributed by atoms with Gasteiger partial charge in [-0.05, 0) is 41.5 Å². The average Bonchev–Trinajstić information content (AvgIpc) is 2.02. The normalized spacial score (nSPS) is 13.1. The first-order valence-corrected chi connectivity index (χ1v) is 8.01. The molecule has 0 aromatic rings. The van der Waals surface area contributed by atoms with Crippen LogP contribution in [0.5, 0.6) is 0 Å². The lowest BCUT2D eigenvalue weighted by Crippen LogP contribution is -2.25. The Hall–Kier alpha value is 0.215. The predicted molar refractivity (Wildman–Crippen MR) is 68.5 cm³/mol. The van der Waals surface area contributed by atoms with Gasteiger partial charge in [-0.3, -0.25) is 0 Å². The Balaban J connectivity index is 0. The molecule has 0 amide bonds. The summed E-state index contributed by atoms with van der Waals surface area (Å²) in [5, 5.41) is 0.575. The van der Waals surface area contributed by atoms with Crippen molar-refractivity contribution in [1.29, 1.82) is 0 Å². The third-order valence-corrected chi connectivity index (χ3v) is 9.72. The van der Waals surface area contributed by atoms with Gasteiger partial charge in [-0.1, -0.05) is 0 Å². The third kappa shape index (κ3) is 7.48. The van der Waals surface area contributed by atoms with Crippen molar-refractivity contribution >= 4 is 14.5 Å². The van der Waals surface area contributed by atoms with E-state index in [2.05, 4.69) is 41.5 Å². The molecule has 0 saturated heterocycles. The number of rotatable bonds is 3. The van der Waals surface area contributed by atoms with E-state index in [1.165, 1.54) is 18.5 Å². The molecule has 0 spiro atoms. The maximum atomic E-state index is 9.75. The molecule has 100 valence electrons. The fraction of sp³-hybridized carbons (Fsp3) is 1.00. The molecule has 0 radical (unpaired) electrons. The lowest BCUT2D eigenvalue weighted by molar-refractivity contribution is 0.368. The standard InChI is InChI=1S/C10H24P.BF4/c1-7-11(8-2,9-3)10(4,5)6;2-1(3,4)5/h7-9H2,1-6H3;/q+1;-1. The zero-order chi connectivity index (χ0) is 13.6. The fourth-order valence-electron chi connectivity index (χ4n) is 2.09. The monoisotopic (exact) mass is 262 g/mol. The second kappa shape index (κ2) is 6.83. The summed E-state index contributed by atoms with van der Waals surface area (Å²) < 4.78 is 39.0. The molecule has 0 saturated carbocycles. The maximum absolute atomic E-state index is 9.75. The molecule has 0 rings (SSSR count). The zero-order valence-corrected chi connectivity index (χ0v) is 12.1. The molecule has 0 nitrogen and oxygen atoms in total. The highest BCUT2D eigenvalue weighted by atomic mass is 31.2. The van der Waals surface area contributed by atoms with Gasteiger partial charge in [0.05, 0.1) is 23.6 Å². The van der Waals surface area contributed by atoms with E-state index in [-0.39, 0.29) is 0 Å². The topological polar surface area (TPSA) is 0 Å². The molecule has 0 N–H and O–H groups in total. The summed E-state index contributed by atoms with van der Waals surface area (Å²) >= 11 is 0. The van der Waals surface area contributed by atoms with Crippen molar-refractivity contribution in [2.45, 2.75) is 46.7 Å². The Kier molecular flexibility index (Phi) is 7.93. The van der Waals surface area contributed by atoms with Crippen LogP contribution in [0, 0.1) is 0 Å².